The Bertz CT molecular complexity index is 1060. The van der Waals surface area contributed by atoms with Crippen molar-refractivity contribution in [3.05, 3.63) is 42.0 Å². The Morgan fingerprint density at radius 2 is 2.14 bits per heavy atom. The summed E-state index contributed by atoms with van der Waals surface area (Å²) < 4.78 is 22.9. The number of anilines is 1. The number of benzene rings is 2. The van der Waals surface area contributed by atoms with Crippen molar-refractivity contribution in [2.45, 2.75) is 18.9 Å². The van der Waals surface area contributed by atoms with Gasteiger partial charge >= 0.3 is 0 Å². The topological polar surface area (TPSA) is 70.1 Å². The number of hydrogen-bond acceptors (Lipinski definition) is 7. The van der Waals surface area contributed by atoms with Gasteiger partial charge in [0.25, 0.3) is 5.91 Å². The normalized spacial score (nSPS) is 17.6. The first-order valence-corrected chi connectivity index (χ1v) is 10.3. The highest BCUT2D eigenvalue weighted by molar-refractivity contribution is 7.22. The lowest BCUT2D eigenvalue weighted by atomic mass is 10.1. The van der Waals surface area contributed by atoms with E-state index in [1.807, 2.05) is 18.2 Å². The van der Waals surface area contributed by atoms with E-state index in [1.165, 1.54) is 11.3 Å². The molecule has 1 atom stereocenters. The Labute approximate surface area is 171 Å². The van der Waals surface area contributed by atoms with Crippen LogP contribution in [0.5, 0.6) is 17.2 Å². The minimum Gasteiger partial charge on any atom is -0.497 e. The van der Waals surface area contributed by atoms with Gasteiger partial charge in [0, 0.05) is 18.2 Å². The SMILES string of the molecule is COc1ccc2sc(N(CC3CCCO3)C(=O)c3ccc4c(c3)OCO4)nc2c1. The van der Waals surface area contributed by atoms with Crippen LogP contribution >= 0.6 is 11.3 Å². The van der Waals surface area contributed by atoms with Crippen molar-refractivity contribution >= 4 is 32.6 Å². The summed E-state index contributed by atoms with van der Waals surface area (Å²) in [6.45, 7) is 1.37. The predicted molar refractivity (Wildman–Crippen MR) is 109 cm³/mol. The standard InChI is InChI=1S/C21H20N2O5S/c1-25-14-5-7-19-16(10-14)22-21(29-19)23(11-15-3-2-8-26-15)20(24)13-4-6-17-18(9-13)28-12-27-17/h4-7,9-10,15H,2-3,8,11-12H2,1H3. The van der Waals surface area contributed by atoms with Gasteiger partial charge in [-0.3, -0.25) is 9.69 Å². The van der Waals surface area contributed by atoms with E-state index in [4.69, 9.17) is 23.9 Å². The first-order chi connectivity index (χ1) is 14.2. The zero-order chi connectivity index (χ0) is 19.8. The fourth-order valence-electron chi connectivity index (χ4n) is 3.56. The zero-order valence-electron chi connectivity index (χ0n) is 15.9. The van der Waals surface area contributed by atoms with Crippen molar-refractivity contribution < 1.29 is 23.7 Å². The Morgan fingerprint density at radius 3 is 2.97 bits per heavy atom. The van der Waals surface area contributed by atoms with E-state index in [0.717, 1.165) is 35.4 Å². The summed E-state index contributed by atoms with van der Waals surface area (Å²) in [7, 11) is 1.63. The minimum absolute atomic E-state index is 0.00880. The van der Waals surface area contributed by atoms with Crippen LogP contribution in [0, 0.1) is 0 Å². The smallest absolute Gasteiger partial charge is 0.260 e. The number of carbonyl (C=O) groups is 1. The van der Waals surface area contributed by atoms with Gasteiger partial charge in [-0.15, -0.1) is 0 Å². The van der Waals surface area contributed by atoms with Crippen LogP contribution in [0.15, 0.2) is 36.4 Å². The van der Waals surface area contributed by atoms with Gasteiger partial charge in [-0.25, -0.2) is 4.98 Å². The second kappa shape index (κ2) is 7.53. The van der Waals surface area contributed by atoms with E-state index in [1.54, 1.807) is 30.2 Å². The van der Waals surface area contributed by atoms with Crippen molar-refractivity contribution in [3.63, 3.8) is 0 Å². The molecule has 7 nitrogen and oxygen atoms in total. The third-order valence-electron chi connectivity index (χ3n) is 5.09. The van der Waals surface area contributed by atoms with Crippen LogP contribution in [0.3, 0.4) is 0 Å². The molecule has 29 heavy (non-hydrogen) atoms. The molecule has 0 radical (unpaired) electrons. The molecule has 2 aliphatic rings. The van der Waals surface area contributed by atoms with E-state index in [2.05, 4.69) is 0 Å². The van der Waals surface area contributed by atoms with E-state index in [0.29, 0.717) is 28.7 Å². The van der Waals surface area contributed by atoms with Gasteiger partial charge in [-0.2, -0.15) is 0 Å². The number of fused-ring (bicyclic) bond motifs is 2. The van der Waals surface area contributed by atoms with E-state index in [-0.39, 0.29) is 18.8 Å². The molecule has 1 saturated heterocycles. The molecular formula is C21H20N2O5S. The van der Waals surface area contributed by atoms with Crippen LogP contribution in [0.1, 0.15) is 23.2 Å². The molecule has 0 bridgehead atoms. The van der Waals surface area contributed by atoms with Crippen molar-refractivity contribution in [3.8, 4) is 17.2 Å². The fraction of sp³-hybridized carbons (Fsp3) is 0.333. The maximum absolute atomic E-state index is 13.4. The van der Waals surface area contributed by atoms with Crippen LogP contribution in [-0.4, -0.2) is 44.0 Å². The van der Waals surface area contributed by atoms with Gasteiger partial charge in [0.05, 0.1) is 30.0 Å². The average Bonchev–Trinajstić information content (AvgIpc) is 3.50. The summed E-state index contributed by atoms with van der Waals surface area (Å²) in [6, 6.07) is 11.0. The molecule has 2 aliphatic heterocycles. The number of hydrogen-bond donors (Lipinski definition) is 0. The highest BCUT2D eigenvalue weighted by Crippen LogP contribution is 2.35. The largest absolute Gasteiger partial charge is 0.497 e. The molecule has 1 amide bonds. The zero-order valence-corrected chi connectivity index (χ0v) is 16.7. The summed E-state index contributed by atoms with van der Waals surface area (Å²) in [5.74, 6) is 1.84. The molecule has 3 aromatic rings. The molecule has 0 spiro atoms. The number of aromatic nitrogens is 1. The highest BCUT2D eigenvalue weighted by Gasteiger charge is 2.28. The second-order valence-corrected chi connectivity index (χ2v) is 7.96. The molecule has 0 aliphatic carbocycles. The van der Waals surface area contributed by atoms with Crippen molar-refractivity contribution in [1.82, 2.24) is 4.98 Å². The van der Waals surface area contributed by atoms with E-state index in [9.17, 15) is 4.79 Å². The number of thiazole rings is 1. The number of methoxy groups -OCH3 is 1. The van der Waals surface area contributed by atoms with Crippen molar-refractivity contribution in [1.29, 1.82) is 0 Å². The van der Waals surface area contributed by atoms with Crippen LogP contribution in [0.4, 0.5) is 5.13 Å². The van der Waals surface area contributed by atoms with Crippen molar-refractivity contribution in [2.24, 2.45) is 0 Å². The molecule has 150 valence electrons. The van der Waals surface area contributed by atoms with Gasteiger partial charge in [-0.1, -0.05) is 11.3 Å². The average molecular weight is 412 g/mol. The number of carbonyl (C=O) groups excluding carboxylic acids is 1. The number of rotatable bonds is 5. The molecular weight excluding hydrogens is 392 g/mol. The number of nitrogens with zero attached hydrogens (tertiary/aromatic N) is 2. The summed E-state index contributed by atoms with van der Waals surface area (Å²) in [5.41, 5.74) is 1.34. The summed E-state index contributed by atoms with van der Waals surface area (Å²) in [4.78, 5) is 19.9. The van der Waals surface area contributed by atoms with Crippen molar-refractivity contribution in [2.75, 3.05) is 32.0 Å². The molecule has 1 fully saturated rings. The van der Waals surface area contributed by atoms with E-state index < -0.39 is 0 Å². The monoisotopic (exact) mass is 412 g/mol. The van der Waals surface area contributed by atoms with Gasteiger partial charge in [0.1, 0.15) is 5.75 Å². The molecule has 2 aromatic carbocycles. The Morgan fingerprint density at radius 1 is 1.24 bits per heavy atom. The maximum atomic E-state index is 13.4. The molecule has 1 aromatic heterocycles. The molecule has 3 heterocycles. The quantitative estimate of drug-likeness (QED) is 0.634. The van der Waals surface area contributed by atoms with Crippen LogP contribution in [-0.2, 0) is 4.74 Å². The second-order valence-electron chi connectivity index (χ2n) is 6.95. The van der Waals surface area contributed by atoms with E-state index >= 15 is 0 Å². The van der Waals surface area contributed by atoms with Gasteiger partial charge in [0.15, 0.2) is 16.6 Å². The highest BCUT2D eigenvalue weighted by atomic mass is 32.1. The summed E-state index contributed by atoms with van der Waals surface area (Å²) in [6.07, 6.45) is 1.95. The van der Waals surface area contributed by atoms with Gasteiger partial charge in [-0.05, 0) is 43.2 Å². The third-order valence-corrected chi connectivity index (χ3v) is 6.15. The maximum Gasteiger partial charge on any atom is 0.260 e. The van der Waals surface area contributed by atoms with Crippen LogP contribution in [0.25, 0.3) is 10.2 Å². The lowest BCUT2D eigenvalue weighted by Gasteiger charge is -2.23. The Balaban J connectivity index is 1.51. The Kier molecular flexibility index (Phi) is 4.73. The minimum atomic E-state index is -0.134. The molecule has 0 N–H and O–H groups in total. The Hall–Kier alpha value is -2.84. The molecule has 8 heteroatoms. The fourth-order valence-corrected chi connectivity index (χ4v) is 4.52. The predicted octanol–water partition coefficient (Wildman–Crippen LogP) is 3.86. The molecule has 1 unspecified atom stereocenters. The number of amides is 1. The summed E-state index contributed by atoms with van der Waals surface area (Å²) in [5, 5.41) is 0.645. The van der Waals surface area contributed by atoms with Gasteiger partial charge in [0.2, 0.25) is 6.79 Å². The lowest BCUT2D eigenvalue weighted by Crippen LogP contribution is -2.37. The first-order valence-electron chi connectivity index (χ1n) is 9.49. The number of ether oxygens (including phenoxy) is 4. The van der Waals surface area contributed by atoms with Gasteiger partial charge < -0.3 is 18.9 Å². The summed E-state index contributed by atoms with van der Waals surface area (Å²) >= 11 is 1.48. The molecule has 5 rings (SSSR count). The lowest BCUT2D eigenvalue weighted by molar-refractivity contribution is 0.0917. The van der Waals surface area contributed by atoms with Crippen LogP contribution < -0.4 is 19.1 Å². The first kappa shape index (κ1) is 18.2. The van der Waals surface area contributed by atoms with Crippen LogP contribution in [0.2, 0.25) is 0 Å². The third kappa shape index (κ3) is 3.49. The molecule has 0 saturated carbocycles.